The minimum Gasteiger partial charge on any atom is -0.497 e. The van der Waals surface area contributed by atoms with Crippen molar-refractivity contribution >= 4 is 36.0 Å². The Morgan fingerprint density at radius 1 is 1.11 bits per heavy atom. The van der Waals surface area contributed by atoms with Gasteiger partial charge in [-0.3, -0.25) is 0 Å². The SMILES string of the molecule is CCCCN1CCC(C(CC=O)c2cc(Cl)c(N)cc2OCc2cc(OC)cc(OC)c2)CC1.Cl. The Labute approximate surface area is 220 Å². The number of rotatable bonds is 12. The van der Waals surface area contributed by atoms with Gasteiger partial charge in [-0.15, -0.1) is 12.4 Å². The number of nitrogens with two attached hydrogens (primary N) is 1. The number of unbranched alkanes of at least 4 members (excludes halogenated alkanes) is 1. The number of methoxy groups -OCH3 is 2. The van der Waals surface area contributed by atoms with Gasteiger partial charge in [0.15, 0.2) is 0 Å². The summed E-state index contributed by atoms with van der Waals surface area (Å²) in [5.74, 6) is 2.50. The average Bonchev–Trinajstić information content (AvgIpc) is 2.86. The summed E-state index contributed by atoms with van der Waals surface area (Å²) < 4.78 is 17.0. The lowest BCUT2D eigenvalue weighted by Gasteiger charge is -2.36. The van der Waals surface area contributed by atoms with Crippen molar-refractivity contribution in [2.45, 2.75) is 51.6 Å². The van der Waals surface area contributed by atoms with Crippen LogP contribution in [0.2, 0.25) is 5.02 Å². The van der Waals surface area contributed by atoms with Crippen LogP contribution in [0.4, 0.5) is 5.69 Å². The molecule has 1 atom stereocenters. The molecule has 2 aromatic carbocycles. The van der Waals surface area contributed by atoms with Crippen LogP contribution < -0.4 is 19.9 Å². The molecule has 6 nitrogen and oxygen atoms in total. The van der Waals surface area contributed by atoms with Gasteiger partial charge in [-0.05, 0) is 80.1 Å². The van der Waals surface area contributed by atoms with E-state index in [0.717, 1.165) is 49.9 Å². The maximum Gasteiger partial charge on any atom is 0.125 e. The van der Waals surface area contributed by atoms with E-state index >= 15 is 0 Å². The van der Waals surface area contributed by atoms with E-state index in [-0.39, 0.29) is 18.3 Å². The third kappa shape index (κ3) is 7.92. The molecule has 1 heterocycles. The predicted octanol–water partition coefficient (Wildman–Crippen LogP) is 6.12. The molecule has 2 N–H and O–H groups in total. The third-order valence-corrected chi connectivity index (χ3v) is 7.04. The van der Waals surface area contributed by atoms with Gasteiger partial charge in [-0.25, -0.2) is 0 Å². The Bertz CT molecular complexity index is 927. The van der Waals surface area contributed by atoms with Gasteiger partial charge >= 0.3 is 0 Å². The fraction of sp³-hybridized carbons (Fsp3) is 0.519. The molecule has 194 valence electrons. The number of carbonyl (C=O) groups is 1. The van der Waals surface area contributed by atoms with Crippen molar-refractivity contribution in [3.63, 3.8) is 0 Å². The zero-order valence-electron chi connectivity index (χ0n) is 20.9. The monoisotopic (exact) mass is 524 g/mol. The fourth-order valence-electron chi connectivity index (χ4n) is 4.75. The van der Waals surface area contributed by atoms with E-state index in [0.29, 0.717) is 46.9 Å². The van der Waals surface area contributed by atoms with Crippen molar-refractivity contribution in [2.24, 2.45) is 5.92 Å². The van der Waals surface area contributed by atoms with Crippen LogP contribution in [-0.2, 0) is 11.4 Å². The summed E-state index contributed by atoms with van der Waals surface area (Å²) in [4.78, 5) is 14.2. The second kappa shape index (κ2) is 14.4. The number of nitrogen functional groups attached to an aromatic ring is 1. The average molecular weight is 526 g/mol. The molecule has 2 aromatic rings. The summed E-state index contributed by atoms with van der Waals surface area (Å²) in [7, 11) is 3.24. The lowest BCUT2D eigenvalue weighted by Crippen LogP contribution is -2.36. The summed E-state index contributed by atoms with van der Waals surface area (Å²) in [5, 5.41) is 0.488. The molecule has 1 aliphatic heterocycles. The molecule has 0 spiro atoms. The number of aldehydes is 1. The molecule has 1 fully saturated rings. The molecule has 3 rings (SSSR count). The maximum atomic E-state index is 11.7. The summed E-state index contributed by atoms with van der Waals surface area (Å²) in [5.41, 5.74) is 8.46. The van der Waals surface area contributed by atoms with Crippen molar-refractivity contribution in [1.82, 2.24) is 4.90 Å². The first-order chi connectivity index (χ1) is 16.5. The first-order valence-corrected chi connectivity index (χ1v) is 12.5. The molecule has 1 saturated heterocycles. The Balaban J connectivity index is 0.00000432. The minimum atomic E-state index is 0. The first kappa shape index (κ1) is 29.1. The van der Waals surface area contributed by atoms with Crippen molar-refractivity contribution in [2.75, 3.05) is 39.6 Å². The smallest absolute Gasteiger partial charge is 0.125 e. The van der Waals surface area contributed by atoms with Crippen LogP contribution >= 0.6 is 24.0 Å². The van der Waals surface area contributed by atoms with E-state index in [1.54, 1.807) is 20.3 Å². The molecular weight excluding hydrogens is 487 g/mol. The number of anilines is 1. The Hall–Kier alpha value is -2.15. The van der Waals surface area contributed by atoms with Crippen LogP contribution in [0.3, 0.4) is 0 Å². The minimum absolute atomic E-state index is 0. The van der Waals surface area contributed by atoms with E-state index in [1.165, 1.54) is 12.8 Å². The largest absolute Gasteiger partial charge is 0.497 e. The van der Waals surface area contributed by atoms with Gasteiger partial charge in [0.2, 0.25) is 0 Å². The molecule has 8 heteroatoms. The number of likely N-dealkylation sites (tertiary alicyclic amines) is 1. The lowest BCUT2D eigenvalue weighted by atomic mass is 9.78. The van der Waals surface area contributed by atoms with Crippen LogP contribution in [0.15, 0.2) is 30.3 Å². The number of ether oxygens (including phenoxy) is 3. The zero-order chi connectivity index (χ0) is 24.5. The van der Waals surface area contributed by atoms with Gasteiger partial charge in [0, 0.05) is 18.6 Å². The molecular formula is C27H38Cl2N2O4. The highest BCUT2D eigenvalue weighted by Gasteiger charge is 2.30. The molecule has 35 heavy (non-hydrogen) atoms. The van der Waals surface area contributed by atoms with Gasteiger partial charge < -0.3 is 29.6 Å². The highest BCUT2D eigenvalue weighted by atomic mass is 35.5. The number of nitrogens with zero attached hydrogens (tertiary/aromatic N) is 1. The van der Waals surface area contributed by atoms with E-state index in [9.17, 15) is 4.79 Å². The van der Waals surface area contributed by atoms with Gasteiger partial charge in [-0.1, -0.05) is 24.9 Å². The number of hydrogen-bond acceptors (Lipinski definition) is 6. The Kier molecular flexibility index (Phi) is 12.0. The molecule has 0 aromatic heterocycles. The zero-order valence-corrected chi connectivity index (χ0v) is 22.5. The summed E-state index contributed by atoms with van der Waals surface area (Å²) in [6.45, 7) is 5.80. The second-order valence-corrected chi connectivity index (χ2v) is 9.37. The van der Waals surface area contributed by atoms with Gasteiger partial charge in [0.1, 0.15) is 30.1 Å². The first-order valence-electron chi connectivity index (χ1n) is 12.1. The van der Waals surface area contributed by atoms with Crippen LogP contribution in [0.5, 0.6) is 17.2 Å². The van der Waals surface area contributed by atoms with Crippen molar-refractivity contribution in [1.29, 1.82) is 0 Å². The summed E-state index contributed by atoms with van der Waals surface area (Å²) in [6.07, 6.45) is 5.98. The molecule has 0 aliphatic carbocycles. The number of hydrogen-bond donors (Lipinski definition) is 1. The second-order valence-electron chi connectivity index (χ2n) is 8.96. The van der Waals surface area contributed by atoms with Gasteiger partial charge in [0.05, 0.1) is 24.9 Å². The van der Waals surface area contributed by atoms with E-state index < -0.39 is 0 Å². The topological polar surface area (TPSA) is 74.0 Å². The summed E-state index contributed by atoms with van der Waals surface area (Å²) in [6, 6.07) is 9.31. The molecule has 0 radical (unpaired) electrons. The fourth-order valence-corrected chi connectivity index (χ4v) is 4.92. The molecule has 1 aliphatic rings. The number of carbonyl (C=O) groups excluding carboxylic acids is 1. The van der Waals surface area contributed by atoms with E-state index in [2.05, 4.69) is 11.8 Å². The Morgan fingerprint density at radius 3 is 2.34 bits per heavy atom. The molecule has 0 bridgehead atoms. The van der Waals surface area contributed by atoms with Gasteiger partial charge in [-0.2, -0.15) is 0 Å². The maximum absolute atomic E-state index is 11.7. The van der Waals surface area contributed by atoms with Crippen molar-refractivity contribution in [3.8, 4) is 17.2 Å². The molecule has 0 saturated carbocycles. The normalized spacial score (nSPS) is 15.2. The van der Waals surface area contributed by atoms with Crippen molar-refractivity contribution < 1.29 is 19.0 Å². The third-order valence-electron chi connectivity index (χ3n) is 6.71. The van der Waals surface area contributed by atoms with Crippen LogP contribution in [-0.4, -0.2) is 45.0 Å². The van der Waals surface area contributed by atoms with Crippen LogP contribution in [0.1, 0.15) is 56.1 Å². The van der Waals surface area contributed by atoms with Crippen LogP contribution in [0.25, 0.3) is 0 Å². The standard InChI is InChI=1S/C27H37ClN2O4.ClH/c1-4-5-9-30-10-6-20(7-11-30)23(8-12-31)24-16-25(28)26(29)17-27(24)34-18-19-13-21(32-2)15-22(14-19)33-3;/h12-17,20,23H,4-11,18,29H2,1-3H3;1H. The predicted molar refractivity (Wildman–Crippen MR) is 144 cm³/mol. The lowest BCUT2D eigenvalue weighted by molar-refractivity contribution is -0.108. The van der Waals surface area contributed by atoms with E-state index in [1.807, 2.05) is 24.3 Å². The summed E-state index contributed by atoms with van der Waals surface area (Å²) >= 11 is 6.44. The van der Waals surface area contributed by atoms with E-state index in [4.69, 9.17) is 31.5 Å². The quantitative estimate of drug-likeness (QED) is 0.266. The highest BCUT2D eigenvalue weighted by molar-refractivity contribution is 6.33. The molecule has 0 amide bonds. The van der Waals surface area contributed by atoms with Gasteiger partial charge in [0.25, 0.3) is 0 Å². The highest BCUT2D eigenvalue weighted by Crippen LogP contribution is 2.42. The van der Waals surface area contributed by atoms with Crippen LogP contribution in [0, 0.1) is 5.92 Å². The number of piperidine rings is 1. The number of benzene rings is 2. The molecule has 1 unspecified atom stereocenters. The Morgan fingerprint density at radius 2 is 1.77 bits per heavy atom. The van der Waals surface area contributed by atoms with Crippen molar-refractivity contribution in [3.05, 3.63) is 46.5 Å². The number of halogens is 2.